The molecule has 27 heavy (non-hydrogen) atoms. The summed E-state index contributed by atoms with van der Waals surface area (Å²) in [5, 5.41) is 9.26. The van der Waals surface area contributed by atoms with Crippen LogP contribution in [0.1, 0.15) is 49.5 Å². The first-order valence-corrected chi connectivity index (χ1v) is 10.6. The monoisotopic (exact) mass is 407 g/mol. The van der Waals surface area contributed by atoms with E-state index in [9.17, 15) is 14.4 Å². The van der Waals surface area contributed by atoms with Gasteiger partial charge in [0, 0.05) is 11.4 Å². The van der Waals surface area contributed by atoms with Crippen LogP contribution >= 0.6 is 22.7 Å². The Bertz CT molecular complexity index is 797. The van der Waals surface area contributed by atoms with E-state index in [1.807, 2.05) is 17.5 Å². The molecule has 144 valence electrons. The molecule has 0 radical (unpaired) electrons. The Morgan fingerprint density at radius 3 is 2.70 bits per heavy atom. The Balaban J connectivity index is 1.48. The van der Waals surface area contributed by atoms with Crippen molar-refractivity contribution in [1.82, 2.24) is 15.6 Å². The van der Waals surface area contributed by atoms with Crippen LogP contribution in [0, 0.1) is 0 Å². The number of urea groups is 1. The van der Waals surface area contributed by atoms with Gasteiger partial charge in [0.05, 0.1) is 4.88 Å². The van der Waals surface area contributed by atoms with Crippen LogP contribution in [0.4, 0.5) is 4.79 Å². The van der Waals surface area contributed by atoms with Crippen molar-refractivity contribution in [3.63, 3.8) is 0 Å². The van der Waals surface area contributed by atoms with Gasteiger partial charge in [-0.25, -0.2) is 14.6 Å². The van der Waals surface area contributed by atoms with Gasteiger partial charge in [-0.05, 0) is 31.2 Å². The normalized spacial score (nSPS) is 15.7. The molecule has 0 saturated heterocycles. The van der Waals surface area contributed by atoms with Crippen LogP contribution in [0.25, 0.3) is 9.88 Å². The van der Waals surface area contributed by atoms with Crippen molar-refractivity contribution < 1.29 is 19.1 Å². The summed E-state index contributed by atoms with van der Waals surface area (Å²) in [6.45, 7) is 1.42. The van der Waals surface area contributed by atoms with Gasteiger partial charge in [-0.2, -0.15) is 0 Å². The van der Waals surface area contributed by atoms with Crippen LogP contribution in [0.5, 0.6) is 0 Å². The maximum Gasteiger partial charge on any atom is 0.358 e. The van der Waals surface area contributed by atoms with E-state index in [0.717, 1.165) is 35.6 Å². The number of carbonyl (C=O) groups excluding carboxylic acids is 3. The van der Waals surface area contributed by atoms with Crippen molar-refractivity contribution >= 4 is 40.6 Å². The van der Waals surface area contributed by atoms with Crippen LogP contribution in [-0.2, 0) is 9.53 Å². The van der Waals surface area contributed by atoms with E-state index in [4.69, 9.17) is 4.74 Å². The first-order valence-electron chi connectivity index (χ1n) is 8.84. The molecule has 7 nitrogen and oxygen atoms in total. The summed E-state index contributed by atoms with van der Waals surface area (Å²) in [5.74, 6) is -1.35. The zero-order valence-corrected chi connectivity index (χ0v) is 16.5. The van der Waals surface area contributed by atoms with Gasteiger partial charge in [0.15, 0.2) is 11.8 Å². The number of hydrogen-bond acceptors (Lipinski definition) is 7. The summed E-state index contributed by atoms with van der Waals surface area (Å²) in [5.41, 5.74) is 0.148. The number of nitrogens with zero attached hydrogens (tertiary/aromatic N) is 1. The smallest absolute Gasteiger partial charge is 0.358 e. The summed E-state index contributed by atoms with van der Waals surface area (Å²) in [7, 11) is 0. The average molecular weight is 408 g/mol. The molecular formula is C18H21N3O4S2. The molecule has 2 aromatic heterocycles. The summed E-state index contributed by atoms with van der Waals surface area (Å²) in [4.78, 5) is 41.4. The summed E-state index contributed by atoms with van der Waals surface area (Å²) >= 11 is 2.86. The highest BCUT2D eigenvalue weighted by atomic mass is 32.1. The largest absolute Gasteiger partial charge is 0.448 e. The highest BCUT2D eigenvalue weighted by molar-refractivity contribution is 7.20. The number of esters is 1. The van der Waals surface area contributed by atoms with Crippen LogP contribution in [-0.4, -0.2) is 35.0 Å². The lowest BCUT2D eigenvalue weighted by Gasteiger charge is -2.23. The fourth-order valence-electron chi connectivity index (χ4n) is 2.84. The Morgan fingerprint density at radius 2 is 2.00 bits per heavy atom. The number of nitrogens with one attached hydrogen (secondary N) is 2. The van der Waals surface area contributed by atoms with Crippen molar-refractivity contribution in [3.05, 3.63) is 28.6 Å². The minimum Gasteiger partial charge on any atom is -0.448 e. The topological polar surface area (TPSA) is 97.4 Å². The van der Waals surface area contributed by atoms with Crippen molar-refractivity contribution in [2.24, 2.45) is 0 Å². The maximum atomic E-state index is 12.2. The van der Waals surface area contributed by atoms with Gasteiger partial charge < -0.3 is 10.1 Å². The number of ether oxygens (including phenoxy) is 1. The Hall–Kier alpha value is -2.26. The lowest BCUT2D eigenvalue weighted by molar-refractivity contribution is -0.127. The zero-order chi connectivity index (χ0) is 19.2. The SMILES string of the molecule is C[C@H](OC(=O)c1csc(-c2cccs2)n1)C(=O)NC(=O)NC1CCCCC1. The lowest BCUT2D eigenvalue weighted by atomic mass is 9.96. The fourth-order valence-corrected chi connectivity index (χ4v) is 4.44. The van der Waals surface area contributed by atoms with Gasteiger partial charge in [-0.3, -0.25) is 10.1 Å². The first kappa shape index (κ1) is 19.5. The molecule has 0 unspecified atom stereocenters. The summed E-state index contributed by atoms with van der Waals surface area (Å²) in [6.07, 6.45) is 4.07. The zero-order valence-electron chi connectivity index (χ0n) is 14.9. The van der Waals surface area contributed by atoms with E-state index < -0.39 is 24.0 Å². The van der Waals surface area contributed by atoms with E-state index in [1.54, 1.807) is 5.38 Å². The number of thiophene rings is 1. The number of thiazole rings is 1. The van der Waals surface area contributed by atoms with E-state index in [0.29, 0.717) is 0 Å². The lowest BCUT2D eigenvalue weighted by Crippen LogP contribution is -2.48. The molecule has 1 aliphatic carbocycles. The van der Waals surface area contributed by atoms with Crippen LogP contribution in [0.2, 0.25) is 0 Å². The molecule has 0 spiro atoms. The predicted molar refractivity (Wildman–Crippen MR) is 104 cm³/mol. The number of aromatic nitrogens is 1. The van der Waals surface area contributed by atoms with E-state index >= 15 is 0 Å². The Kier molecular flexibility index (Phi) is 6.57. The highest BCUT2D eigenvalue weighted by Gasteiger charge is 2.24. The van der Waals surface area contributed by atoms with E-state index in [1.165, 1.54) is 36.0 Å². The second kappa shape index (κ2) is 9.09. The standard InChI is InChI=1S/C18H21N3O4S2/c1-11(15(22)21-18(24)19-12-6-3-2-4-7-12)25-17(23)13-10-27-16(20-13)14-8-5-9-26-14/h5,8-12H,2-4,6-7H2,1H3,(H2,19,21,22,24)/t11-/m0/s1. The molecule has 3 amide bonds. The minimum atomic E-state index is -1.10. The van der Waals surface area contributed by atoms with Crippen LogP contribution < -0.4 is 10.6 Å². The van der Waals surface area contributed by atoms with E-state index in [2.05, 4.69) is 15.6 Å². The second-order valence-electron chi connectivity index (χ2n) is 6.36. The van der Waals surface area contributed by atoms with Gasteiger partial charge >= 0.3 is 12.0 Å². The fraction of sp³-hybridized carbons (Fsp3) is 0.444. The minimum absolute atomic E-state index is 0.0927. The molecular weight excluding hydrogens is 386 g/mol. The van der Waals surface area contributed by atoms with Crippen molar-refractivity contribution in [1.29, 1.82) is 0 Å². The molecule has 0 bridgehead atoms. The number of imide groups is 1. The quantitative estimate of drug-likeness (QED) is 0.739. The number of rotatable bonds is 5. The third kappa shape index (κ3) is 5.36. The number of amides is 3. The Morgan fingerprint density at radius 1 is 1.22 bits per heavy atom. The molecule has 2 heterocycles. The van der Waals surface area contributed by atoms with Crippen molar-refractivity contribution in [2.75, 3.05) is 0 Å². The number of carbonyl (C=O) groups is 3. The maximum absolute atomic E-state index is 12.2. The van der Waals surface area contributed by atoms with Gasteiger partial charge in [0.2, 0.25) is 0 Å². The molecule has 3 rings (SSSR count). The second-order valence-corrected chi connectivity index (χ2v) is 8.17. The first-order chi connectivity index (χ1) is 13.0. The average Bonchev–Trinajstić information content (AvgIpc) is 3.33. The molecule has 9 heteroatoms. The molecule has 1 atom stereocenters. The third-order valence-electron chi connectivity index (χ3n) is 4.28. The van der Waals surface area contributed by atoms with Gasteiger partial charge in [-0.15, -0.1) is 22.7 Å². The molecule has 1 saturated carbocycles. The molecule has 0 aromatic carbocycles. The molecule has 1 aliphatic rings. The molecule has 1 fully saturated rings. The van der Waals surface area contributed by atoms with Crippen molar-refractivity contribution in [2.45, 2.75) is 51.2 Å². The Labute approximate surface area is 165 Å². The van der Waals surface area contributed by atoms with E-state index in [-0.39, 0.29) is 11.7 Å². The number of hydrogen-bond donors (Lipinski definition) is 2. The van der Waals surface area contributed by atoms with Gasteiger partial charge in [0.1, 0.15) is 5.01 Å². The van der Waals surface area contributed by atoms with Gasteiger partial charge in [0.25, 0.3) is 5.91 Å². The summed E-state index contributed by atoms with van der Waals surface area (Å²) in [6, 6.07) is 3.36. The highest BCUT2D eigenvalue weighted by Crippen LogP contribution is 2.28. The predicted octanol–water partition coefficient (Wildman–Crippen LogP) is 3.58. The molecule has 2 N–H and O–H groups in total. The molecule has 2 aromatic rings. The third-order valence-corrected chi connectivity index (χ3v) is 6.16. The van der Waals surface area contributed by atoms with Gasteiger partial charge in [-0.1, -0.05) is 25.3 Å². The molecule has 0 aliphatic heterocycles. The van der Waals surface area contributed by atoms with Crippen LogP contribution in [0.15, 0.2) is 22.9 Å². The van der Waals surface area contributed by atoms with Crippen molar-refractivity contribution in [3.8, 4) is 9.88 Å². The summed E-state index contributed by atoms with van der Waals surface area (Å²) < 4.78 is 5.14. The van der Waals surface area contributed by atoms with Crippen LogP contribution in [0.3, 0.4) is 0 Å².